The highest BCUT2D eigenvalue weighted by atomic mass is 31.0. The minimum atomic E-state index is -1.35. The van der Waals surface area contributed by atoms with Gasteiger partial charge in [0.1, 0.15) is 16.7 Å². The van der Waals surface area contributed by atoms with Gasteiger partial charge in [0.2, 0.25) is 0 Å². The molecule has 2 aromatic rings. The topological polar surface area (TPSA) is 52.6 Å². The van der Waals surface area contributed by atoms with Crippen LogP contribution in [0, 0.1) is 11.3 Å². The van der Waals surface area contributed by atoms with Gasteiger partial charge in [0.15, 0.2) is 11.6 Å². The van der Waals surface area contributed by atoms with E-state index >= 15 is 0 Å². The molecule has 0 N–H and O–H groups in total. The standard InChI is InChI=1S/C24H31O4P/c1-16(15-23(2,3)4)24(29,21(25)17-11-7-9-13-19(17)27-5)22(26)18-12-8-10-14-20(18)28-6/h7-14,16H,15,29H2,1-6H3. The van der Waals surface area contributed by atoms with E-state index in [4.69, 9.17) is 9.47 Å². The van der Waals surface area contributed by atoms with Crippen molar-refractivity contribution in [1.29, 1.82) is 0 Å². The van der Waals surface area contributed by atoms with Crippen LogP contribution in [-0.2, 0) is 0 Å². The monoisotopic (exact) mass is 414 g/mol. The van der Waals surface area contributed by atoms with Crippen LogP contribution in [-0.4, -0.2) is 30.9 Å². The van der Waals surface area contributed by atoms with Gasteiger partial charge in [-0.05, 0) is 42.0 Å². The summed E-state index contributed by atoms with van der Waals surface area (Å²) >= 11 is 0. The normalized spacial score (nSPS) is 12.9. The smallest absolute Gasteiger partial charge is 0.184 e. The van der Waals surface area contributed by atoms with Crippen LogP contribution in [0.5, 0.6) is 11.5 Å². The van der Waals surface area contributed by atoms with Crippen molar-refractivity contribution in [3.63, 3.8) is 0 Å². The second kappa shape index (κ2) is 9.09. The molecule has 4 nitrogen and oxygen atoms in total. The van der Waals surface area contributed by atoms with Gasteiger partial charge >= 0.3 is 0 Å². The van der Waals surface area contributed by atoms with Gasteiger partial charge in [0.25, 0.3) is 0 Å². The van der Waals surface area contributed by atoms with Crippen molar-refractivity contribution in [2.75, 3.05) is 14.2 Å². The number of ketones is 2. The van der Waals surface area contributed by atoms with E-state index in [1.165, 1.54) is 14.2 Å². The molecule has 5 heteroatoms. The molecular formula is C24H31O4P. The Kier molecular flexibility index (Phi) is 7.24. The van der Waals surface area contributed by atoms with Gasteiger partial charge in [0.05, 0.1) is 25.3 Å². The first-order valence-corrected chi connectivity index (χ1v) is 10.3. The van der Waals surface area contributed by atoms with Crippen LogP contribution in [0.25, 0.3) is 0 Å². The molecule has 0 bridgehead atoms. The van der Waals surface area contributed by atoms with E-state index in [0.717, 1.165) is 0 Å². The minimum absolute atomic E-state index is 0.0522. The highest BCUT2D eigenvalue weighted by molar-refractivity contribution is 7.23. The van der Waals surface area contributed by atoms with Crippen molar-refractivity contribution in [2.45, 2.75) is 39.3 Å². The van der Waals surface area contributed by atoms with Crippen LogP contribution in [0.3, 0.4) is 0 Å². The molecule has 0 aliphatic heterocycles. The summed E-state index contributed by atoms with van der Waals surface area (Å²) < 4.78 is 10.8. The summed E-state index contributed by atoms with van der Waals surface area (Å²) in [6.45, 7) is 8.28. The number of Topliss-reactive ketones (excluding diaryl/α,β-unsaturated/α-hetero) is 2. The summed E-state index contributed by atoms with van der Waals surface area (Å²) in [7, 11) is 5.64. The third-order valence-corrected chi connectivity index (χ3v) is 6.24. The van der Waals surface area contributed by atoms with Crippen molar-refractivity contribution in [1.82, 2.24) is 0 Å². The van der Waals surface area contributed by atoms with Crippen molar-refractivity contribution < 1.29 is 19.1 Å². The molecule has 0 aliphatic carbocycles. The predicted octanol–water partition coefficient (Wildman–Crippen LogP) is 5.46. The van der Waals surface area contributed by atoms with Crippen molar-refractivity contribution in [3.05, 3.63) is 59.7 Å². The average molecular weight is 414 g/mol. The first-order valence-electron chi connectivity index (χ1n) is 9.70. The lowest BCUT2D eigenvalue weighted by molar-refractivity contribution is 0.0772. The molecule has 2 atom stereocenters. The summed E-state index contributed by atoms with van der Waals surface area (Å²) in [5.74, 6) is 0.141. The predicted molar refractivity (Wildman–Crippen MR) is 120 cm³/mol. The number of carbonyl (C=O) groups is 2. The molecule has 156 valence electrons. The maximum absolute atomic E-state index is 13.8. The van der Waals surface area contributed by atoms with Gasteiger partial charge in [0, 0.05) is 0 Å². The molecule has 2 aromatic carbocycles. The first-order chi connectivity index (χ1) is 13.6. The van der Waals surface area contributed by atoms with Gasteiger partial charge in [-0.3, -0.25) is 9.59 Å². The Balaban J connectivity index is 2.65. The van der Waals surface area contributed by atoms with E-state index in [-0.39, 0.29) is 22.9 Å². The molecule has 0 fully saturated rings. The minimum Gasteiger partial charge on any atom is -0.496 e. The zero-order valence-electron chi connectivity index (χ0n) is 18.1. The molecule has 29 heavy (non-hydrogen) atoms. The van der Waals surface area contributed by atoms with Gasteiger partial charge in [-0.15, -0.1) is 9.24 Å². The molecule has 0 radical (unpaired) electrons. The van der Waals surface area contributed by atoms with E-state index in [9.17, 15) is 9.59 Å². The average Bonchev–Trinajstić information content (AvgIpc) is 2.70. The lowest BCUT2D eigenvalue weighted by Gasteiger charge is -2.36. The van der Waals surface area contributed by atoms with Crippen molar-refractivity contribution in [3.8, 4) is 11.5 Å². The second-order valence-corrected chi connectivity index (χ2v) is 9.50. The Morgan fingerprint density at radius 1 is 0.862 bits per heavy atom. The zero-order valence-corrected chi connectivity index (χ0v) is 19.3. The summed E-state index contributed by atoms with van der Waals surface area (Å²) in [4.78, 5) is 27.7. The number of rotatable bonds is 8. The Morgan fingerprint density at radius 3 is 1.59 bits per heavy atom. The van der Waals surface area contributed by atoms with E-state index in [1.807, 2.05) is 6.92 Å². The van der Waals surface area contributed by atoms with E-state index in [0.29, 0.717) is 29.0 Å². The van der Waals surface area contributed by atoms with E-state index in [1.54, 1.807) is 48.5 Å². The molecular weight excluding hydrogens is 383 g/mol. The molecule has 0 saturated carbocycles. The largest absolute Gasteiger partial charge is 0.496 e. The van der Waals surface area contributed by atoms with Crippen molar-refractivity contribution in [2.24, 2.45) is 11.3 Å². The summed E-state index contributed by atoms with van der Waals surface area (Å²) in [5, 5.41) is -1.35. The zero-order chi connectivity index (χ0) is 21.8. The number of methoxy groups -OCH3 is 2. The van der Waals surface area contributed by atoms with Crippen LogP contribution >= 0.6 is 9.24 Å². The number of hydrogen-bond acceptors (Lipinski definition) is 4. The highest BCUT2D eigenvalue weighted by Gasteiger charge is 2.48. The fourth-order valence-electron chi connectivity index (χ4n) is 3.74. The Hall–Kier alpha value is -2.19. The van der Waals surface area contributed by atoms with Crippen LogP contribution in [0.4, 0.5) is 0 Å². The Bertz CT molecular complexity index is 823. The van der Waals surface area contributed by atoms with Gasteiger partial charge in [-0.25, -0.2) is 0 Å². The number of ether oxygens (including phenoxy) is 2. The maximum atomic E-state index is 13.8. The number of para-hydroxylation sites is 2. The van der Waals surface area contributed by atoms with Crippen LogP contribution in [0.1, 0.15) is 54.8 Å². The molecule has 0 amide bonds. The SMILES string of the molecule is COc1ccccc1C(=O)C(P)(C(=O)c1ccccc1OC)C(C)CC(C)(C)C. The molecule has 2 rings (SSSR count). The quantitative estimate of drug-likeness (QED) is 0.327. The van der Waals surface area contributed by atoms with Crippen LogP contribution in [0.15, 0.2) is 48.5 Å². The summed E-state index contributed by atoms with van der Waals surface area (Å²) in [6.07, 6.45) is 0.693. The lowest BCUT2D eigenvalue weighted by atomic mass is 9.73. The third-order valence-electron chi connectivity index (χ3n) is 5.15. The van der Waals surface area contributed by atoms with Gasteiger partial charge < -0.3 is 9.47 Å². The third kappa shape index (κ3) is 4.87. The van der Waals surface area contributed by atoms with E-state index < -0.39 is 5.16 Å². The molecule has 0 aromatic heterocycles. The molecule has 0 aliphatic rings. The number of benzene rings is 2. The Labute approximate surface area is 176 Å². The Morgan fingerprint density at radius 2 is 1.24 bits per heavy atom. The summed E-state index contributed by atoms with van der Waals surface area (Å²) in [5.41, 5.74) is 0.742. The molecule has 2 unspecified atom stereocenters. The maximum Gasteiger partial charge on any atom is 0.184 e. The number of hydrogen-bond donors (Lipinski definition) is 0. The van der Waals surface area contributed by atoms with Gasteiger partial charge in [-0.2, -0.15) is 0 Å². The fraction of sp³-hybridized carbons (Fsp3) is 0.417. The number of carbonyl (C=O) groups excluding carboxylic acids is 2. The van der Waals surface area contributed by atoms with Crippen molar-refractivity contribution >= 4 is 20.8 Å². The second-order valence-electron chi connectivity index (χ2n) is 8.59. The van der Waals surface area contributed by atoms with Crippen LogP contribution < -0.4 is 9.47 Å². The van der Waals surface area contributed by atoms with E-state index in [2.05, 4.69) is 30.0 Å². The van der Waals surface area contributed by atoms with Gasteiger partial charge in [-0.1, -0.05) is 52.0 Å². The molecule has 0 spiro atoms. The first kappa shape index (κ1) is 23.1. The summed E-state index contributed by atoms with van der Waals surface area (Å²) in [6, 6.07) is 14.1. The molecule has 0 heterocycles. The lowest BCUT2D eigenvalue weighted by Crippen LogP contribution is -2.47. The van der Waals surface area contributed by atoms with Crippen LogP contribution in [0.2, 0.25) is 0 Å². The highest BCUT2D eigenvalue weighted by Crippen LogP contribution is 2.43. The molecule has 0 saturated heterocycles. The fourth-order valence-corrected chi connectivity index (χ4v) is 4.17.